The second-order valence-electron chi connectivity index (χ2n) is 11.8. The van der Waals surface area contributed by atoms with Gasteiger partial charge in [0.25, 0.3) is 5.91 Å². The molecule has 0 aliphatic carbocycles. The van der Waals surface area contributed by atoms with E-state index in [1.165, 1.54) is 23.9 Å². The zero-order valence-electron chi connectivity index (χ0n) is 26.6. The molecule has 3 aromatic rings. The smallest absolute Gasteiger partial charge is 0.328 e. The molecule has 1 saturated heterocycles. The average Bonchev–Trinajstić information content (AvgIpc) is 3.48. The Bertz CT molecular complexity index is 1640. The van der Waals surface area contributed by atoms with Crippen molar-refractivity contribution < 1.29 is 36.7 Å². The quantitative estimate of drug-likeness (QED) is 0.224. The van der Waals surface area contributed by atoms with Crippen LogP contribution in [0.25, 0.3) is 0 Å². The van der Waals surface area contributed by atoms with Crippen LogP contribution in [0.5, 0.6) is 5.75 Å². The molecule has 252 valence electrons. The molecule has 0 spiro atoms. The van der Waals surface area contributed by atoms with Crippen LogP contribution in [0, 0.1) is 5.82 Å². The fraction of sp³-hybridized carbons (Fsp3) is 0.412. The minimum Gasteiger partial charge on any atom is -0.492 e. The number of pyridine rings is 1. The lowest BCUT2D eigenvalue weighted by molar-refractivity contribution is -0.149. The number of aryl methyl sites for hydroxylation is 2. The lowest BCUT2D eigenvalue weighted by Crippen LogP contribution is -2.44. The van der Waals surface area contributed by atoms with Crippen LogP contribution in [0.3, 0.4) is 0 Å². The molecule has 2 aromatic carbocycles. The van der Waals surface area contributed by atoms with Crippen molar-refractivity contribution in [3.63, 3.8) is 0 Å². The van der Waals surface area contributed by atoms with Gasteiger partial charge in [0, 0.05) is 47.6 Å². The van der Waals surface area contributed by atoms with Crippen molar-refractivity contribution in [2.75, 3.05) is 25.2 Å². The molecule has 0 radical (unpaired) electrons. The molecule has 1 aliphatic rings. The maximum absolute atomic E-state index is 13.7. The normalized spacial score (nSPS) is 16.9. The Morgan fingerprint density at radius 2 is 1.87 bits per heavy atom. The molecule has 13 heteroatoms. The first-order chi connectivity index (χ1) is 22.4. The molecule has 2 N–H and O–H groups in total. The summed E-state index contributed by atoms with van der Waals surface area (Å²) in [4.78, 5) is 43.1. The van der Waals surface area contributed by atoms with E-state index in [2.05, 4.69) is 15.6 Å². The summed E-state index contributed by atoms with van der Waals surface area (Å²) in [7, 11) is -3.41. The number of amides is 1. The Hall–Kier alpha value is -3.81. The number of rotatable bonds is 15. The predicted molar refractivity (Wildman–Crippen MR) is 179 cm³/mol. The van der Waals surface area contributed by atoms with Crippen LogP contribution in [0.1, 0.15) is 58.5 Å². The number of halogens is 1. The molecular weight excluding hydrogens is 646 g/mol. The molecule has 1 amide bonds. The summed E-state index contributed by atoms with van der Waals surface area (Å²) < 4.78 is 48.5. The molecule has 47 heavy (non-hydrogen) atoms. The number of hydrogen-bond donors (Lipinski definition) is 2. The van der Waals surface area contributed by atoms with E-state index in [0.717, 1.165) is 11.8 Å². The lowest BCUT2D eigenvalue weighted by atomic mass is 9.98. The van der Waals surface area contributed by atoms with E-state index in [1.807, 2.05) is 0 Å². The van der Waals surface area contributed by atoms with Gasteiger partial charge in [-0.15, -0.1) is 0 Å². The number of esters is 1. The number of benzene rings is 2. The van der Waals surface area contributed by atoms with E-state index < -0.39 is 33.9 Å². The molecule has 0 saturated carbocycles. The molecule has 3 atom stereocenters. The van der Waals surface area contributed by atoms with Crippen molar-refractivity contribution in [2.24, 2.45) is 0 Å². The third-order valence-corrected chi connectivity index (χ3v) is 9.56. The zero-order valence-corrected chi connectivity index (χ0v) is 28.2. The summed E-state index contributed by atoms with van der Waals surface area (Å²) in [5.74, 6) is -1.52. The van der Waals surface area contributed by atoms with Crippen molar-refractivity contribution in [3.05, 3.63) is 95.1 Å². The number of carbonyl (C=O) groups excluding carboxylic acids is 3. The van der Waals surface area contributed by atoms with Gasteiger partial charge in [-0.05, 0) is 87.1 Å². The van der Waals surface area contributed by atoms with Crippen LogP contribution in [0.15, 0.2) is 67.0 Å². The fourth-order valence-corrected chi connectivity index (χ4v) is 6.77. The summed E-state index contributed by atoms with van der Waals surface area (Å²) in [6.45, 7) is 4.27. The van der Waals surface area contributed by atoms with Gasteiger partial charge in [-0.25, -0.2) is 17.6 Å². The van der Waals surface area contributed by atoms with E-state index >= 15 is 0 Å². The van der Waals surface area contributed by atoms with Crippen LogP contribution in [0.4, 0.5) is 4.39 Å². The SMILES string of the molecule is CC(C)OC(=O)[C@H](CCS(C)(=O)=O)NC(=O)c1cc(OC[C@@H]2C[C@H](SC(=O)c3cccnc3)CN2)ccc1CCc1ccc(F)cc1. The summed E-state index contributed by atoms with van der Waals surface area (Å²) in [5.41, 5.74) is 2.37. The van der Waals surface area contributed by atoms with Gasteiger partial charge in [0.1, 0.15) is 34.1 Å². The van der Waals surface area contributed by atoms with Crippen LogP contribution < -0.4 is 15.4 Å². The van der Waals surface area contributed by atoms with Crippen molar-refractivity contribution in [2.45, 2.75) is 63.0 Å². The van der Waals surface area contributed by atoms with Gasteiger partial charge in [-0.1, -0.05) is 30.0 Å². The van der Waals surface area contributed by atoms with Crippen molar-refractivity contribution >= 4 is 38.6 Å². The van der Waals surface area contributed by atoms with E-state index in [9.17, 15) is 27.2 Å². The second-order valence-corrected chi connectivity index (χ2v) is 15.3. The first kappa shape index (κ1) is 36.0. The highest BCUT2D eigenvalue weighted by Crippen LogP contribution is 2.26. The molecule has 0 unspecified atom stereocenters. The second kappa shape index (κ2) is 16.8. The third-order valence-electron chi connectivity index (χ3n) is 7.44. The van der Waals surface area contributed by atoms with E-state index in [1.54, 1.807) is 68.7 Å². The number of nitrogens with zero attached hydrogens (tertiary/aromatic N) is 1. The fourth-order valence-electron chi connectivity index (χ4n) is 5.03. The minimum absolute atomic E-state index is 0.0178. The standard InChI is InChI=1S/C34H40FN3O7S2/c1-22(2)45-33(40)31(14-16-47(3,42)43)38-32(39)30-18-28(13-10-24(30)9-6-23-7-11-26(35)12-8-23)44-21-27-17-29(20-37-27)46-34(41)25-5-4-15-36-19-25/h4-5,7-8,10-13,15,18-19,22,27,29,31,37H,6,9,14,16-17,20-21H2,1-3H3,(H,38,39)/t27-,29-,31-/m0/s1. The van der Waals surface area contributed by atoms with Gasteiger partial charge in [-0.3, -0.25) is 14.6 Å². The van der Waals surface area contributed by atoms with Gasteiger partial charge < -0.3 is 20.1 Å². The van der Waals surface area contributed by atoms with Gasteiger partial charge in [-0.2, -0.15) is 0 Å². The highest BCUT2D eigenvalue weighted by atomic mass is 32.2. The van der Waals surface area contributed by atoms with Crippen LogP contribution in [-0.2, 0) is 32.2 Å². The van der Waals surface area contributed by atoms with Gasteiger partial charge in [0.15, 0.2) is 0 Å². The first-order valence-corrected chi connectivity index (χ1v) is 18.3. The molecule has 1 aliphatic heterocycles. The Balaban J connectivity index is 1.46. The first-order valence-electron chi connectivity index (χ1n) is 15.4. The highest BCUT2D eigenvalue weighted by molar-refractivity contribution is 8.14. The molecule has 4 rings (SSSR count). The number of sulfone groups is 1. The lowest BCUT2D eigenvalue weighted by Gasteiger charge is -2.20. The number of thioether (sulfide) groups is 1. The summed E-state index contributed by atoms with van der Waals surface area (Å²) in [6.07, 6.45) is 5.30. The predicted octanol–water partition coefficient (Wildman–Crippen LogP) is 4.17. The molecular formula is C34H40FN3O7S2. The number of aromatic nitrogens is 1. The van der Waals surface area contributed by atoms with Gasteiger partial charge >= 0.3 is 5.97 Å². The molecule has 1 aromatic heterocycles. The topological polar surface area (TPSA) is 141 Å². The molecule has 10 nitrogen and oxygen atoms in total. The summed E-state index contributed by atoms with van der Waals surface area (Å²) >= 11 is 1.27. The Morgan fingerprint density at radius 3 is 2.55 bits per heavy atom. The molecule has 0 bridgehead atoms. The van der Waals surface area contributed by atoms with E-state index in [0.29, 0.717) is 49.3 Å². The van der Waals surface area contributed by atoms with E-state index in [4.69, 9.17) is 9.47 Å². The maximum Gasteiger partial charge on any atom is 0.328 e. The largest absolute Gasteiger partial charge is 0.492 e. The minimum atomic E-state index is -3.41. The average molecular weight is 686 g/mol. The Kier molecular flexibility index (Phi) is 12.9. The number of hydrogen-bond acceptors (Lipinski definition) is 10. The van der Waals surface area contributed by atoms with Crippen molar-refractivity contribution in [1.82, 2.24) is 15.6 Å². The van der Waals surface area contributed by atoms with Gasteiger partial charge in [0.2, 0.25) is 5.12 Å². The Labute approximate surface area is 279 Å². The summed E-state index contributed by atoms with van der Waals surface area (Å²) in [5, 5.41) is 6.10. The van der Waals surface area contributed by atoms with Crippen LogP contribution in [-0.4, -0.2) is 79.0 Å². The number of nitrogens with one attached hydrogen (secondary N) is 2. The number of carbonyl (C=O) groups is 3. The van der Waals surface area contributed by atoms with Crippen LogP contribution in [0.2, 0.25) is 0 Å². The van der Waals surface area contributed by atoms with Gasteiger partial charge in [0.05, 0.1) is 11.9 Å². The molecule has 1 fully saturated rings. The zero-order chi connectivity index (χ0) is 34.0. The number of ether oxygens (including phenoxy) is 2. The summed E-state index contributed by atoms with van der Waals surface area (Å²) in [6, 6.07) is 13.5. The monoisotopic (exact) mass is 685 g/mol. The Morgan fingerprint density at radius 1 is 1.11 bits per heavy atom. The van der Waals surface area contributed by atoms with Crippen molar-refractivity contribution in [3.8, 4) is 5.75 Å². The van der Waals surface area contributed by atoms with Crippen LogP contribution >= 0.6 is 11.8 Å². The molecule has 2 heterocycles. The third kappa shape index (κ3) is 11.7. The van der Waals surface area contributed by atoms with E-state index in [-0.39, 0.29) is 40.0 Å². The van der Waals surface area contributed by atoms with Crippen molar-refractivity contribution in [1.29, 1.82) is 0 Å². The maximum atomic E-state index is 13.7. The highest BCUT2D eigenvalue weighted by Gasteiger charge is 2.29.